The highest BCUT2D eigenvalue weighted by molar-refractivity contribution is 7.23. The van der Waals surface area contributed by atoms with Crippen LogP contribution in [0.2, 0.25) is 0 Å². The molecule has 2 aromatic heterocycles. The van der Waals surface area contributed by atoms with Gasteiger partial charge >= 0.3 is 18.1 Å². The van der Waals surface area contributed by atoms with E-state index in [1.807, 2.05) is 19.9 Å². The van der Waals surface area contributed by atoms with Gasteiger partial charge in [-0.3, -0.25) is 10.1 Å². The van der Waals surface area contributed by atoms with Gasteiger partial charge in [0.05, 0.1) is 27.6 Å². The van der Waals surface area contributed by atoms with Gasteiger partial charge in [0.2, 0.25) is 0 Å². The number of likely N-dealkylation sites (tertiary alicyclic amines) is 1. The number of esters is 1. The number of aromatic nitrogens is 2. The number of hydrogen-bond donors (Lipinski definition) is 2. The van der Waals surface area contributed by atoms with Crippen LogP contribution in [0.4, 0.5) is 20.0 Å². The summed E-state index contributed by atoms with van der Waals surface area (Å²) in [5.41, 5.74) is 1.03. The van der Waals surface area contributed by atoms with Gasteiger partial charge < -0.3 is 29.3 Å². The molecule has 1 spiro atoms. The molecular formula is C45H57ClFN7O5S. The number of halogens is 2. The predicted octanol–water partition coefficient (Wildman–Crippen LogP) is 7.09. The molecule has 2 N–H and O–H groups in total. The zero-order chi connectivity index (χ0) is 42.3. The number of alkyl halides is 1. The third kappa shape index (κ3) is 8.96. The van der Waals surface area contributed by atoms with Crippen molar-refractivity contribution in [1.29, 1.82) is 5.26 Å². The highest BCUT2D eigenvalue weighted by atomic mass is 35.5. The van der Waals surface area contributed by atoms with Crippen molar-refractivity contribution in [2.75, 3.05) is 49.5 Å². The van der Waals surface area contributed by atoms with Crippen LogP contribution in [0, 0.1) is 22.6 Å². The van der Waals surface area contributed by atoms with E-state index in [0.29, 0.717) is 42.1 Å². The SMILES string of the molecule is CCOC(=O)CCCCCCN1CCC[C@]2(CC2Oc2nc(N3CC4CC[C@@H](C3)N4)c3c(n2)=C(C)C(c2ccc(F)c4sc(NC(=O)OC(C)(C)C)c(C#N)c24)C(Cl)C=3)C1. The van der Waals surface area contributed by atoms with E-state index < -0.39 is 28.8 Å². The summed E-state index contributed by atoms with van der Waals surface area (Å²) in [6.45, 7) is 14.3. The summed E-state index contributed by atoms with van der Waals surface area (Å²) < 4.78 is 33.2. The maximum absolute atomic E-state index is 15.6. The van der Waals surface area contributed by atoms with E-state index in [-0.39, 0.29) is 32.8 Å². The van der Waals surface area contributed by atoms with Crippen LogP contribution in [-0.2, 0) is 14.3 Å². The molecule has 4 unspecified atom stereocenters. The van der Waals surface area contributed by atoms with Crippen molar-refractivity contribution in [2.45, 2.75) is 134 Å². The first kappa shape index (κ1) is 42.7. The second-order valence-electron chi connectivity index (χ2n) is 18.3. The van der Waals surface area contributed by atoms with Crippen LogP contribution < -0.4 is 30.8 Å². The Hall–Kier alpha value is -4.03. The standard InChI is InChI=1S/C45H57ClFN7O5S/c1-6-57-35(55)12-9-7-8-10-18-53-19-11-17-45(25-53)21-34(45)58-42-50-38-26(2)36(32(46)20-30(38)40(51-42)54-23-27-13-14-28(24-54)49-27)29-15-16-33(47)39-37(29)31(22-48)41(60-39)52-43(56)59-44(3,4)5/h15-16,20,27-28,32,34,36,49H,6-14,17-19,21,23-25H2,1-5H3,(H,52,56)/t27-,28?,32?,34?,36?,45-/m0/s1. The Bertz CT molecular complexity index is 2300. The van der Waals surface area contributed by atoms with E-state index >= 15 is 4.39 Å². The summed E-state index contributed by atoms with van der Waals surface area (Å²) in [6, 6.07) is 6.46. The first-order valence-electron chi connectivity index (χ1n) is 21.7. The number of nitriles is 1. The summed E-state index contributed by atoms with van der Waals surface area (Å²) in [5.74, 6) is -0.236. The molecule has 2 bridgehead atoms. The number of fused-ring (bicyclic) bond motifs is 4. The molecule has 4 fully saturated rings. The number of nitrogens with zero attached hydrogens (tertiary/aromatic N) is 5. The van der Waals surface area contributed by atoms with Gasteiger partial charge in [0.1, 0.15) is 34.4 Å². The summed E-state index contributed by atoms with van der Waals surface area (Å²) >= 11 is 8.38. The van der Waals surface area contributed by atoms with Crippen LogP contribution in [-0.4, -0.2) is 95.4 Å². The van der Waals surface area contributed by atoms with Gasteiger partial charge in [-0.1, -0.05) is 25.0 Å². The Morgan fingerprint density at radius 2 is 1.92 bits per heavy atom. The number of anilines is 2. The van der Waals surface area contributed by atoms with Gasteiger partial charge in [0.15, 0.2) is 0 Å². The van der Waals surface area contributed by atoms with Crippen LogP contribution in [0.25, 0.3) is 21.7 Å². The lowest BCUT2D eigenvalue weighted by atomic mass is 9.83. The van der Waals surface area contributed by atoms with Gasteiger partial charge in [0.25, 0.3) is 0 Å². The first-order valence-corrected chi connectivity index (χ1v) is 23.0. The maximum atomic E-state index is 15.6. The average Bonchev–Trinajstić information content (AvgIpc) is 3.49. The van der Waals surface area contributed by atoms with Gasteiger partial charge in [-0.15, -0.1) is 22.9 Å². The smallest absolute Gasteiger partial charge is 0.412 e. The van der Waals surface area contributed by atoms with Crippen LogP contribution in [0.1, 0.15) is 116 Å². The fourth-order valence-electron chi connectivity index (χ4n) is 9.92. The Labute approximate surface area is 360 Å². The van der Waals surface area contributed by atoms with Crippen LogP contribution in [0.15, 0.2) is 12.1 Å². The lowest BCUT2D eigenvalue weighted by molar-refractivity contribution is -0.143. The van der Waals surface area contributed by atoms with Crippen molar-refractivity contribution < 1.29 is 28.2 Å². The Kier molecular flexibility index (Phi) is 12.4. The van der Waals surface area contributed by atoms with Crippen molar-refractivity contribution in [1.82, 2.24) is 20.2 Å². The van der Waals surface area contributed by atoms with Crippen molar-refractivity contribution in [3.63, 3.8) is 0 Å². The molecule has 2 aliphatic carbocycles. The third-order valence-corrected chi connectivity index (χ3v) is 14.2. The summed E-state index contributed by atoms with van der Waals surface area (Å²) in [4.78, 5) is 39.8. The van der Waals surface area contributed by atoms with Gasteiger partial charge in [-0.2, -0.15) is 15.2 Å². The highest BCUT2D eigenvalue weighted by Gasteiger charge is 2.58. The molecule has 1 aromatic carbocycles. The summed E-state index contributed by atoms with van der Waals surface area (Å²) in [6.07, 6.45) is 11.3. The molecule has 322 valence electrons. The van der Waals surface area contributed by atoms with Gasteiger partial charge in [0, 0.05) is 60.1 Å². The van der Waals surface area contributed by atoms with Crippen molar-refractivity contribution in [2.24, 2.45) is 5.41 Å². The average molecular weight is 863 g/mol. The van der Waals surface area contributed by atoms with E-state index in [4.69, 9.17) is 35.8 Å². The molecule has 12 nitrogen and oxygen atoms in total. The molecule has 5 aliphatic rings. The normalized spacial score (nSPS) is 26.1. The third-order valence-electron chi connectivity index (χ3n) is 12.8. The van der Waals surface area contributed by atoms with Crippen molar-refractivity contribution >= 4 is 67.6 Å². The van der Waals surface area contributed by atoms with E-state index in [1.165, 1.54) is 6.07 Å². The molecule has 3 aromatic rings. The Morgan fingerprint density at radius 3 is 2.65 bits per heavy atom. The number of carbonyl (C=O) groups excluding carboxylic acids is 2. The van der Waals surface area contributed by atoms with Crippen molar-refractivity contribution in [3.8, 4) is 12.1 Å². The number of benzene rings is 1. The first-order chi connectivity index (χ1) is 28.8. The van der Waals surface area contributed by atoms with Crippen molar-refractivity contribution in [3.05, 3.63) is 39.6 Å². The number of ether oxygens (including phenoxy) is 3. The van der Waals surface area contributed by atoms with E-state index in [2.05, 4.69) is 26.5 Å². The molecule has 5 heterocycles. The minimum Gasteiger partial charge on any atom is -0.466 e. The van der Waals surface area contributed by atoms with Crippen LogP contribution in [0.5, 0.6) is 6.01 Å². The number of hydrogen-bond acceptors (Lipinski definition) is 12. The second kappa shape index (κ2) is 17.4. The van der Waals surface area contributed by atoms with Gasteiger partial charge in [-0.05, 0) is 110 Å². The lowest BCUT2D eigenvalue weighted by Gasteiger charge is -2.35. The monoisotopic (exact) mass is 861 g/mol. The Morgan fingerprint density at radius 1 is 1.15 bits per heavy atom. The zero-order valence-corrected chi connectivity index (χ0v) is 36.9. The molecule has 8 rings (SSSR count). The predicted molar refractivity (Wildman–Crippen MR) is 233 cm³/mol. The Balaban J connectivity index is 1.08. The molecule has 15 heteroatoms. The van der Waals surface area contributed by atoms with Crippen LogP contribution >= 0.6 is 22.9 Å². The fourth-order valence-corrected chi connectivity index (χ4v) is 11.4. The molecule has 6 atom stereocenters. The number of nitrogens with one attached hydrogen (secondary N) is 2. The highest BCUT2D eigenvalue weighted by Crippen LogP contribution is 2.54. The van der Waals surface area contributed by atoms with E-state index in [1.54, 1.807) is 26.8 Å². The summed E-state index contributed by atoms with van der Waals surface area (Å²) in [7, 11) is 0. The number of thiophene rings is 1. The molecule has 3 saturated heterocycles. The minimum atomic E-state index is -0.757. The number of rotatable bonds is 13. The summed E-state index contributed by atoms with van der Waals surface area (Å²) in [5, 5.41) is 18.6. The minimum absolute atomic E-state index is 0.0102. The molecule has 60 heavy (non-hydrogen) atoms. The topological polar surface area (TPSA) is 142 Å². The molecule has 1 amide bonds. The number of piperazine rings is 1. The molecule has 3 aliphatic heterocycles. The number of unbranched alkanes of at least 4 members (excludes halogenated alkanes) is 3. The van der Waals surface area contributed by atoms with Gasteiger partial charge in [-0.25, -0.2) is 9.18 Å². The lowest BCUT2D eigenvalue weighted by Crippen LogP contribution is -2.54. The number of carbonyl (C=O) groups is 2. The van der Waals surface area contributed by atoms with E-state index in [9.17, 15) is 14.9 Å². The number of piperidine rings is 1. The maximum Gasteiger partial charge on any atom is 0.412 e. The van der Waals surface area contributed by atoms with Crippen LogP contribution in [0.3, 0.4) is 0 Å². The number of amides is 1. The molecular weight excluding hydrogens is 805 g/mol. The zero-order valence-electron chi connectivity index (χ0n) is 35.4. The second-order valence-corrected chi connectivity index (χ2v) is 19.8. The quantitative estimate of drug-likeness (QED) is 0.103. The van der Waals surface area contributed by atoms with E-state index in [0.717, 1.165) is 124 Å². The fraction of sp³-hybridized carbons (Fsp3) is 0.622. The molecule has 1 saturated carbocycles. The largest absolute Gasteiger partial charge is 0.466 e. The molecule has 0 radical (unpaired) electrons.